The van der Waals surface area contributed by atoms with Gasteiger partial charge in [0.1, 0.15) is 5.69 Å². The standard InChI is InChI=1S/C27H27N3O/c1-3-13-24(21-14-7-4-8-15-21)28-27(31)25-20(2)30(23-18-11-6-12-19-23)29-26(25)22-16-9-5-10-17-22/h4-12,14-19,24H,3,13H2,1-2H3,(H,28,31). The van der Waals surface area contributed by atoms with Gasteiger partial charge in [0.05, 0.1) is 23.0 Å². The Kier molecular flexibility index (Phi) is 6.27. The first-order valence-corrected chi connectivity index (χ1v) is 10.7. The van der Waals surface area contributed by atoms with E-state index in [1.807, 2.05) is 90.5 Å². The highest BCUT2D eigenvalue weighted by atomic mass is 16.1. The molecule has 4 nitrogen and oxygen atoms in total. The molecule has 0 bridgehead atoms. The SMILES string of the molecule is CCCC(NC(=O)c1c(-c2ccccc2)nn(-c2ccccc2)c1C)c1ccccc1. The van der Waals surface area contributed by atoms with E-state index in [0.29, 0.717) is 11.3 Å². The Balaban J connectivity index is 1.77. The first kappa shape index (κ1) is 20.6. The second kappa shape index (κ2) is 9.43. The van der Waals surface area contributed by atoms with Crippen molar-refractivity contribution in [2.24, 2.45) is 0 Å². The number of carbonyl (C=O) groups is 1. The van der Waals surface area contributed by atoms with Crippen molar-refractivity contribution in [3.05, 3.63) is 108 Å². The van der Waals surface area contributed by atoms with Crippen LogP contribution in [0.3, 0.4) is 0 Å². The minimum absolute atomic E-state index is 0.0400. The van der Waals surface area contributed by atoms with E-state index in [-0.39, 0.29) is 11.9 Å². The third kappa shape index (κ3) is 4.43. The summed E-state index contributed by atoms with van der Waals surface area (Å²) >= 11 is 0. The van der Waals surface area contributed by atoms with Gasteiger partial charge in [0.25, 0.3) is 5.91 Å². The highest BCUT2D eigenvalue weighted by Gasteiger charge is 2.25. The number of hydrogen-bond donors (Lipinski definition) is 1. The summed E-state index contributed by atoms with van der Waals surface area (Å²) in [5.41, 5.74) is 5.12. The average Bonchev–Trinajstić information content (AvgIpc) is 3.17. The van der Waals surface area contributed by atoms with E-state index < -0.39 is 0 Å². The van der Waals surface area contributed by atoms with Crippen LogP contribution in [0.15, 0.2) is 91.0 Å². The summed E-state index contributed by atoms with van der Waals surface area (Å²) in [5, 5.41) is 8.13. The number of rotatable bonds is 7. The number of hydrogen-bond acceptors (Lipinski definition) is 2. The second-order valence-corrected chi connectivity index (χ2v) is 7.65. The van der Waals surface area contributed by atoms with Crippen molar-refractivity contribution in [3.63, 3.8) is 0 Å². The smallest absolute Gasteiger partial charge is 0.255 e. The van der Waals surface area contributed by atoms with Crippen molar-refractivity contribution in [2.75, 3.05) is 0 Å². The van der Waals surface area contributed by atoms with E-state index >= 15 is 0 Å². The molecule has 1 amide bonds. The van der Waals surface area contributed by atoms with Crippen molar-refractivity contribution >= 4 is 5.91 Å². The molecule has 0 fully saturated rings. The van der Waals surface area contributed by atoms with Crippen LogP contribution in [-0.4, -0.2) is 15.7 Å². The van der Waals surface area contributed by atoms with Crippen molar-refractivity contribution in [1.29, 1.82) is 0 Å². The predicted molar refractivity (Wildman–Crippen MR) is 125 cm³/mol. The third-order valence-corrected chi connectivity index (χ3v) is 5.48. The number of nitrogens with one attached hydrogen (secondary N) is 1. The molecule has 31 heavy (non-hydrogen) atoms. The molecule has 1 atom stereocenters. The van der Waals surface area contributed by atoms with Gasteiger partial charge in [0.2, 0.25) is 0 Å². The molecule has 0 radical (unpaired) electrons. The molecule has 156 valence electrons. The average molecular weight is 410 g/mol. The van der Waals surface area contributed by atoms with E-state index in [4.69, 9.17) is 5.10 Å². The molecule has 1 unspecified atom stereocenters. The van der Waals surface area contributed by atoms with Crippen LogP contribution in [0.5, 0.6) is 0 Å². The Morgan fingerprint density at radius 2 is 1.48 bits per heavy atom. The fraction of sp³-hybridized carbons (Fsp3) is 0.185. The molecule has 0 aliphatic heterocycles. The first-order chi connectivity index (χ1) is 15.2. The lowest BCUT2D eigenvalue weighted by Crippen LogP contribution is -2.29. The fourth-order valence-corrected chi connectivity index (χ4v) is 3.92. The topological polar surface area (TPSA) is 46.9 Å². The minimum Gasteiger partial charge on any atom is -0.345 e. The zero-order valence-corrected chi connectivity index (χ0v) is 18.0. The molecule has 1 N–H and O–H groups in total. The van der Waals surface area contributed by atoms with Gasteiger partial charge in [-0.1, -0.05) is 92.2 Å². The molecule has 0 saturated heterocycles. The maximum atomic E-state index is 13.6. The molecule has 3 aromatic carbocycles. The summed E-state index contributed by atoms with van der Waals surface area (Å²) in [4.78, 5) is 13.6. The summed E-state index contributed by atoms with van der Waals surface area (Å²) in [7, 11) is 0. The largest absolute Gasteiger partial charge is 0.345 e. The van der Waals surface area contributed by atoms with Crippen molar-refractivity contribution in [1.82, 2.24) is 15.1 Å². The number of benzene rings is 3. The van der Waals surface area contributed by atoms with Gasteiger partial charge in [-0.15, -0.1) is 0 Å². The molecule has 1 heterocycles. The normalized spacial score (nSPS) is 11.8. The van der Waals surface area contributed by atoms with Crippen LogP contribution < -0.4 is 5.32 Å². The summed E-state index contributed by atoms with van der Waals surface area (Å²) in [5.74, 6) is -0.0964. The number of aromatic nitrogens is 2. The predicted octanol–water partition coefficient (Wildman–Crippen LogP) is 6.12. The number of para-hydroxylation sites is 1. The van der Waals surface area contributed by atoms with Crippen LogP contribution in [0.2, 0.25) is 0 Å². The lowest BCUT2D eigenvalue weighted by atomic mass is 10.0. The molecule has 4 heteroatoms. The van der Waals surface area contributed by atoms with E-state index in [9.17, 15) is 4.79 Å². The van der Waals surface area contributed by atoms with Gasteiger partial charge in [-0.25, -0.2) is 4.68 Å². The molecular weight excluding hydrogens is 382 g/mol. The molecule has 0 spiro atoms. The molecule has 1 aromatic heterocycles. The van der Waals surface area contributed by atoms with Crippen LogP contribution >= 0.6 is 0 Å². The van der Waals surface area contributed by atoms with Crippen molar-refractivity contribution in [3.8, 4) is 16.9 Å². The molecular formula is C27H27N3O. The number of carbonyl (C=O) groups excluding carboxylic acids is 1. The van der Waals surface area contributed by atoms with Crippen molar-refractivity contribution < 1.29 is 4.79 Å². The van der Waals surface area contributed by atoms with E-state index in [2.05, 4.69) is 24.4 Å². The Morgan fingerprint density at radius 1 is 0.903 bits per heavy atom. The zero-order chi connectivity index (χ0) is 21.6. The Hall–Kier alpha value is -3.66. The maximum absolute atomic E-state index is 13.6. The minimum atomic E-state index is -0.0964. The quantitative estimate of drug-likeness (QED) is 0.400. The van der Waals surface area contributed by atoms with Crippen LogP contribution in [0.1, 0.15) is 47.4 Å². The van der Waals surface area contributed by atoms with Gasteiger partial charge >= 0.3 is 0 Å². The lowest BCUT2D eigenvalue weighted by molar-refractivity contribution is 0.0934. The maximum Gasteiger partial charge on any atom is 0.255 e. The fourth-order valence-electron chi connectivity index (χ4n) is 3.92. The lowest BCUT2D eigenvalue weighted by Gasteiger charge is -2.19. The van der Waals surface area contributed by atoms with E-state index in [1.165, 1.54) is 0 Å². The van der Waals surface area contributed by atoms with Gasteiger partial charge in [0, 0.05) is 5.56 Å². The molecule has 0 aliphatic rings. The molecule has 4 rings (SSSR count). The molecule has 0 aliphatic carbocycles. The summed E-state index contributed by atoms with van der Waals surface area (Å²) < 4.78 is 1.86. The monoisotopic (exact) mass is 409 g/mol. The van der Waals surface area contributed by atoms with Crippen LogP contribution in [0.25, 0.3) is 16.9 Å². The van der Waals surface area contributed by atoms with Gasteiger partial charge < -0.3 is 5.32 Å². The van der Waals surface area contributed by atoms with Gasteiger partial charge in [0.15, 0.2) is 0 Å². The van der Waals surface area contributed by atoms with E-state index in [0.717, 1.165) is 35.3 Å². The van der Waals surface area contributed by atoms with Gasteiger partial charge in [-0.3, -0.25) is 4.79 Å². The Morgan fingerprint density at radius 3 is 2.10 bits per heavy atom. The summed E-state index contributed by atoms with van der Waals surface area (Å²) in [6, 6.07) is 29.9. The van der Waals surface area contributed by atoms with Crippen LogP contribution in [0.4, 0.5) is 0 Å². The third-order valence-electron chi connectivity index (χ3n) is 5.48. The summed E-state index contributed by atoms with van der Waals surface area (Å²) in [6.45, 7) is 4.09. The number of amides is 1. The van der Waals surface area contributed by atoms with Gasteiger partial charge in [-0.05, 0) is 31.0 Å². The first-order valence-electron chi connectivity index (χ1n) is 10.7. The zero-order valence-electron chi connectivity index (χ0n) is 18.0. The van der Waals surface area contributed by atoms with Crippen LogP contribution in [-0.2, 0) is 0 Å². The second-order valence-electron chi connectivity index (χ2n) is 7.65. The van der Waals surface area contributed by atoms with Gasteiger partial charge in [-0.2, -0.15) is 5.10 Å². The highest BCUT2D eigenvalue weighted by Crippen LogP contribution is 2.28. The van der Waals surface area contributed by atoms with Crippen molar-refractivity contribution in [2.45, 2.75) is 32.7 Å². The number of nitrogens with zero attached hydrogens (tertiary/aromatic N) is 2. The Bertz CT molecular complexity index is 1140. The highest BCUT2D eigenvalue weighted by molar-refractivity contribution is 6.01. The van der Waals surface area contributed by atoms with E-state index in [1.54, 1.807) is 0 Å². The van der Waals surface area contributed by atoms with Crippen LogP contribution in [0, 0.1) is 6.92 Å². The Labute approximate surface area is 183 Å². The summed E-state index contributed by atoms with van der Waals surface area (Å²) in [6.07, 6.45) is 1.86. The molecule has 4 aromatic rings. The molecule has 0 saturated carbocycles.